The molecule has 2 heterocycles. The van der Waals surface area contributed by atoms with Crippen LogP contribution in [0.25, 0.3) is 22.3 Å². The number of nitrogens with zero attached hydrogens (tertiary/aromatic N) is 1. The van der Waals surface area contributed by atoms with Crippen molar-refractivity contribution in [3.05, 3.63) is 58.8 Å². The summed E-state index contributed by atoms with van der Waals surface area (Å²) in [5.74, 6) is -0.0520. The van der Waals surface area contributed by atoms with Crippen molar-refractivity contribution in [2.75, 3.05) is 24.5 Å². The van der Waals surface area contributed by atoms with Gasteiger partial charge in [0.25, 0.3) is 0 Å². The van der Waals surface area contributed by atoms with Gasteiger partial charge in [-0.2, -0.15) is 0 Å². The molecule has 1 N–H and O–H groups in total. The first kappa shape index (κ1) is 19.3. The zero-order chi connectivity index (χ0) is 20.6. The molecule has 0 spiro atoms. The number of nitrogens with one attached hydrogen (secondary N) is 1. The maximum atomic E-state index is 12.7. The van der Waals surface area contributed by atoms with Crippen LogP contribution in [0.3, 0.4) is 0 Å². The smallest absolute Gasteiger partial charge is 0.456 e. The van der Waals surface area contributed by atoms with Crippen molar-refractivity contribution < 1.29 is 22.3 Å². The van der Waals surface area contributed by atoms with Gasteiger partial charge in [-0.15, -0.1) is 13.2 Å². The second kappa shape index (κ2) is 7.44. The molecule has 1 atom stereocenters. The molecule has 2 aromatic carbocycles. The highest BCUT2D eigenvalue weighted by molar-refractivity contribution is 5.82. The molecule has 3 aromatic rings. The Balaban J connectivity index is 1.64. The summed E-state index contributed by atoms with van der Waals surface area (Å²) in [5, 5.41) is 3.85. The minimum Gasteiger partial charge on any atom is -0.456 e. The molecule has 0 amide bonds. The van der Waals surface area contributed by atoms with Gasteiger partial charge in [-0.3, -0.25) is 4.79 Å². The number of piperazine rings is 1. The molecule has 29 heavy (non-hydrogen) atoms. The Morgan fingerprint density at radius 3 is 2.59 bits per heavy atom. The van der Waals surface area contributed by atoms with Crippen molar-refractivity contribution in [3.8, 4) is 17.1 Å². The summed E-state index contributed by atoms with van der Waals surface area (Å²) >= 11 is 0. The summed E-state index contributed by atoms with van der Waals surface area (Å²) in [7, 11) is 0. The fourth-order valence-corrected chi connectivity index (χ4v) is 3.47. The van der Waals surface area contributed by atoms with Gasteiger partial charge in [0.1, 0.15) is 17.1 Å². The first-order chi connectivity index (χ1) is 13.8. The van der Waals surface area contributed by atoms with E-state index in [4.69, 9.17) is 4.42 Å². The first-order valence-corrected chi connectivity index (χ1v) is 9.21. The maximum absolute atomic E-state index is 12.7. The molecule has 1 aliphatic heterocycles. The fraction of sp³-hybridized carbons (Fsp3) is 0.286. The summed E-state index contributed by atoms with van der Waals surface area (Å²) < 4.78 is 46.6. The highest BCUT2D eigenvalue weighted by Crippen LogP contribution is 2.28. The van der Waals surface area contributed by atoms with Gasteiger partial charge < -0.3 is 19.4 Å². The Bertz CT molecular complexity index is 1080. The van der Waals surface area contributed by atoms with Crippen molar-refractivity contribution in [2.45, 2.75) is 19.3 Å². The van der Waals surface area contributed by atoms with Gasteiger partial charge in [0.05, 0.1) is 5.39 Å². The van der Waals surface area contributed by atoms with Crippen LogP contribution in [-0.4, -0.2) is 32.0 Å². The Labute approximate surface area is 164 Å². The number of alkyl halides is 3. The number of rotatable bonds is 3. The summed E-state index contributed by atoms with van der Waals surface area (Å²) in [4.78, 5) is 14.9. The number of halogens is 3. The molecule has 5 nitrogen and oxygen atoms in total. The number of ether oxygens (including phenoxy) is 1. The van der Waals surface area contributed by atoms with Gasteiger partial charge in [-0.25, -0.2) is 0 Å². The fourth-order valence-electron chi connectivity index (χ4n) is 3.47. The zero-order valence-corrected chi connectivity index (χ0v) is 15.6. The van der Waals surface area contributed by atoms with Crippen LogP contribution in [0.5, 0.6) is 5.75 Å². The molecule has 152 valence electrons. The van der Waals surface area contributed by atoms with Crippen LogP contribution >= 0.6 is 0 Å². The van der Waals surface area contributed by atoms with Crippen LogP contribution < -0.4 is 20.4 Å². The largest absolute Gasteiger partial charge is 0.573 e. The van der Waals surface area contributed by atoms with Crippen molar-refractivity contribution in [1.29, 1.82) is 0 Å². The second-order valence-corrected chi connectivity index (χ2v) is 7.03. The van der Waals surface area contributed by atoms with Crippen molar-refractivity contribution in [1.82, 2.24) is 5.32 Å². The van der Waals surface area contributed by atoms with E-state index in [0.717, 1.165) is 25.3 Å². The quantitative estimate of drug-likeness (QED) is 0.711. The van der Waals surface area contributed by atoms with E-state index < -0.39 is 6.36 Å². The van der Waals surface area contributed by atoms with E-state index >= 15 is 0 Å². The molecule has 0 aliphatic carbocycles. The lowest BCUT2D eigenvalue weighted by Gasteiger charge is -2.33. The van der Waals surface area contributed by atoms with E-state index in [1.165, 1.54) is 30.3 Å². The molecule has 4 rings (SSSR count). The predicted octanol–water partition coefficient (Wildman–Crippen LogP) is 4.16. The molecule has 1 saturated heterocycles. The van der Waals surface area contributed by atoms with Crippen LogP contribution in [0.4, 0.5) is 18.9 Å². The molecule has 0 bridgehead atoms. The summed E-state index contributed by atoms with van der Waals surface area (Å²) in [5.41, 5.74) is 1.66. The van der Waals surface area contributed by atoms with Crippen LogP contribution in [0.2, 0.25) is 0 Å². The molecule has 8 heteroatoms. The van der Waals surface area contributed by atoms with Crippen LogP contribution in [0.15, 0.2) is 57.7 Å². The minimum atomic E-state index is -4.75. The second-order valence-electron chi connectivity index (χ2n) is 7.03. The number of benzene rings is 2. The van der Waals surface area contributed by atoms with E-state index in [1.807, 2.05) is 12.1 Å². The van der Waals surface area contributed by atoms with Gasteiger partial charge in [0.2, 0.25) is 0 Å². The van der Waals surface area contributed by atoms with Crippen LogP contribution in [-0.2, 0) is 0 Å². The highest BCUT2D eigenvalue weighted by atomic mass is 19.4. The molecular weight excluding hydrogens is 385 g/mol. The van der Waals surface area contributed by atoms with Gasteiger partial charge >= 0.3 is 6.36 Å². The van der Waals surface area contributed by atoms with Crippen molar-refractivity contribution >= 4 is 16.7 Å². The standard InChI is InChI=1S/C21H19F3N2O3/c1-13-12-26(9-8-25-13)15-4-7-19-17(10-15)18(27)11-20(28-19)14-2-5-16(6-3-14)29-21(22,23)24/h2-7,10-11,13,25H,8-9,12H2,1H3/t13-/m0/s1. The normalized spacial score (nSPS) is 17.5. The summed E-state index contributed by atoms with van der Waals surface area (Å²) in [6, 6.07) is 12.4. The lowest BCUT2D eigenvalue weighted by Crippen LogP contribution is -2.49. The number of anilines is 1. The van der Waals surface area contributed by atoms with Crippen molar-refractivity contribution in [2.24, 2.45) is 0 Å². The van der Waals surface area contributed by atoms with Gasteiger partial charge in [0.15, 0.2) is 5.43 Å². The SMILES string of the molecule is C[C@H]1CN(c2ccc3oc(-c4ccc(OC(F)(F)F)cc4)cc(=O)c3c2)CCN1. The molecule has 1 aromatic heterocycles. The molecule has 0 unspecified atom stereocenters. The maximum Gasteiger partial charge on any atom is 0.573 e. The number of hydrogen-bond acceptors (Lipinski definition) is 5. The third-order valence-electron chi connectivity index (χ3n) is 4.82. The molecule has 1 fully saturated rings. The van der Waals surface area contributed by atoms with Gasteiger partial charge in [-0.05, 0) is 49.4 Å². The molecule has 0 saturated carbocycles. The van der Waals surface area contributed by atoms with Gasteiger partial charge in [0, 0.05) is 43.0 Å². The Morgan fingerprint density at radius 2 is 1.90 bits per heavy atom. The highest BCUT2D eigenvalue weighted by Gasteiger charge is 2.31. The number of hydrogen-bond donors (Lipinski definition) is 1. The van der Waals surface area contributed by atoms with E-state index in [9.17, 15) is 18.0 Å². The predicted molar refractivity (Wildman–Crippen MR) is 104 cm³/mol. The van der Waals surface area contributed by atoms with E-state index in [-0.39, 0.29) is 16.9 Å². The van der Waals surface area contributed by atoms with E-state index in [0.29, 0.717) is 22.6 Å². The Hall–Kier alpha value is -3.00. The topological polar surface area (TPSA) is 54.7 Å². The minimum absolute atomic E-state index is 0.207. The monoisotopic (exact) mass is 404 g/mol. The third-order valence-corrected chi connectivity index (χ3v) is 4.82. The summed E-state index contributed by atoms with van der Waals surface area (Å²) in [6.07, 6.45) is -4.75. The van der Waals surface area contributed by atoms with Crippen molar-refractivity contribution in [3.63, 3.8) is 0 Å². The number of fused-ring (bicyclic) bond motifs is 1. The Morgan fingerprint density at radius 1 is 1.14 bits per heavy atom. The lowest BCUT2D eigenvalue weighted by atomic mass is 10.1. The van der Waals surface area contributed by atoms with Crippen LogP contribution in [0.1, 0.15) is 6.92 Å². The average molecular weight is 404 g/mol. The van der Waals surface area contributed by atoms with Gasteiger partial charge in [-0.1, -0.05) is 0 Å². The average Bonchev–Trinajstić information content (AvgIpc) is 2.67. The van der Waals surface area contributed by atoms with Crippen LogP contribution in [0, 0.1) is 0 Å². The molecule has 0 radical (unpaired) electrons. The molecular formula is C21H19F3N2O3. The lowest BCUT2D eigenvalue weighted by molar-refractivity contribution is -0.274. The molecule has 1 aliphatic rings. The Kier molecular flexibility index (Phi) is 4.96. The third kappa shape index (κ3) is 4.37. The summed E-state index contributed by atoms with van der Waals surface area (Å²) in [6.45, 7) is 4.69. The first-order valence-electron chi connectivity index (χ1n) is 9.21. The zero-order valence-electron chi connectivity index (χ0n) is 15.6. The van der Waals surface area contributed by atoms with E-state index in [2.05, 4.69) is 21.9 Å². The van der Waals surface area contributed by atoms with E-state index in [1.54, 1.807) is 6.07 Å².